The quantitative estimate of drug-likeness (QED) is 0.805. The van der Waals surface area contributed by atoms with Gasteiger partial charge in [0.05, 0.1) is 0 Å². The lowest BCUT2D eigenvalue weighted by atomic mass is 10.1. The fraction of sp³-hybridized carbons (Fsp3) is 0.562. The largest absolute Gasteiger partial charge is 0.369 e. The van der Waals surface area contributed by atoms with Gasteiger partial charge in [-0.15, -0.1) is 0 Å². The molecule has 3 N–H and O–H groups in total. The van der Waals surface area contributed by atoms with Crippen molar-refractivity contribution in [1.82, 2.24) is 0 Å². The number of benzene rings is 1. The number of carbonyl (C=O) groups is 1. The first-order valence-corrected chi connectivity index (χ1v) is 7.37. The van der Waals surface area contributed by atoms with Crippen LogP contribution in [0.3, 0.4) is 0 Å². The van der Waals surface area contributed by atoms with Crippen molar-refractivity contribution in [2.45, 2.75) is 40.2 Å². The lowest BCUT2D eigenvalue weighted by Crippen LogP contribution is -2.30. The summed E-state index contributed by atoms with van der Waals surface area (Å²) in [6.07, 6.45) is 0.709. The molecule has 112 valence electrons. The third-order valence-electron chi connectivity index (χ3n) is 3.48. The molecule has 0 radical (unpaired) electrons. The summed E-state index contributed by atoms with van der Waals surface area (Å²) < 4.78 is 0. The molecule has 0 saturated heterocycles. The summed E-state index contributed by atoms with van der Waals surface area (Å²) in [6, 6.07) is 8.46. The van der Waals surface area contributed by atoms with E-state index in [0.717, 1.165) is 12.2 Å². The second-order valence-electron chi connectivity index (χ2n) is 5.39. The third kappa shape index (κ3) is 4.53. The summed E-state index contributed by atoms with van der Waals surface area (Å²) in [5.74, 6) is -0.0260. The van der Waals surface area contributed by atoms with Crippen LogP contribution >= 0.6 is 0 Å². The van der Waals surface area contributed by atoms with Crippen molar-refractivity contribution in [3.05, 3.63) is 24.3 Å². The summed E-state index contributed by atoms with van der Waals surface area (Å²) in [5.41, 5.74) is 7.48. The Hall–Kier alpha value is -1.55. The minimum atomic E-state index is -0.0533. The van der Waals surface area contributed by atoms with E-state index in [1.54, 1.807) is 0 Å². The first-order valence-electron chi connectivity index (χ1n) is 7.37. The Morgan fingerprint density at radius 3 is 2.30 bits per heavy atom. The summed E-state index contributed by atoms with van der Waals surface area (Å²) in [6.45, 7) is 9.89. The number of nitrogens with one attached hydrogen (secondary N) is 1. The van der Waals surface area contributed by atoms with Gasteiger partial charge < -0.3 is 16.0 Å². The summed E-state index contributed by atoms with van der Waals surface area (Å²) >= 11 is 0. The Morgan fingerprint density at radius 1 is 1.25 bits per heavy atom. The zero-order chi connectivity index (χ0) is 15.1. The number of hydrogen-bond donors (Lipinski definition) is 2. The summed E-state index contributed by atoms with van der Waals surface area (Å²) in [4.78, 5) is 14.2. The highest BCUT2D eigenvalue weighted by Crippen LogP contribution is 2.20. The average Bonchev–Trinajstić information content (AvgIpc) is 2.41. The number of amides is 1. The number of carbonyl (C=O) groups excluding carboxylic acids is 1. The predicted molar refractivity (Wildman–Crippen MR) is 86.1 cm³/mol. The molecule has 1 unspecified atom stereocenters. The number of nitrogens with zero attached hydrogens (tertiary/aromatic N) is 1. The lowest BCUT2D eigenvalue weighted by Gasteiger charge is -2.27. The molecule has 0 heterocycles. The number of anilines is 2. The van der Waals surface area contributed by atoms with Crippen LogP contribution < -0.4 is 16.0 Å². The molecule has 0 saturated carbocycles. The van der Waals surface area contributed by atoms with Crippen LogP contribution in [0.4, 0.5) is 11.4 Å². The van der Waals surface area contributed by atoms with E-state index in [0.29, 0.717) is 19.0 Å². The van der Waals surface area contributed by atoms with Gasteiger partial charge in [0.25, 0.3) is 0 Å². The minimum absolute atomic E-state index is 0.0272. The van der Waals surface area contributed by atoms with Crippen LogP contribution in [-0.4, -0.2) is 25.0 Å². The van der Waals surface area contributed by atoms with E-state index in [-0.39, 0.29) is 11.8 Å². The van der Waals surface area contributed by atoms with Gasteiger partial charge in [0.1, 0.15) is 0 Å². The van der Waals surface area contributed by atoms with Crippen molar-refractivity contribution in [2.75, 3.05) is 23.3 Å². The molecule has 0 aliphatic carbocycles. The van der Waals surface area contributed by atoms with Crippen molar-refractivity contribution in [3.63, 3.8) is 0 Å². The summed E-state index contributed by atoms with van der Waals surface area (Å²) in [5, 5.41) is 2.93. The zero-order valence-corrected chi connectivity index (χ0v) is 13.0. The lowest BCUT2D eigenvalue weighted by molar-refractivity contribution is -0.119. The average molecular weight is 277 g/mol. The first kappa shape index (κ1) is 16.5. The third-order valence-corrected chi connectivity index (χ3v) is 3.48. The topological polar surface area (TPSA) is 58.4 Å². The van der Waals surface area contributed by atoms with Crippen LogP contribution in [0.15, 0.2) is 24.3 Å². The maximum absolute atomic E-state index is 11.9. The normalized spacial score (nSPS) is 12.3. The Kier molecular flexibility index (Phi) is 6.52. The second-order valence-corrected chi connectivity index (χ2v) is 5.39. The van der Waals surface area contributed by atoms with Crippen LogP contribution in [0.25, 0.3) is 0 Å². The molecule has 0 bridgehead atoms. The monoisotopic (exact) mass is 277 g/mol. The van der Waals surface area contributed by atoms with Gasteiger partial charge >= 0.3 is 0 Å². The van der Waals surface area contributed by atoms with Crippen LogP contribution in [0.2, 0.25) is 0 Å². The SMILES string of the molecule is CCN(c1ccc(NC(=O)C(C)CCN)cc1)C(C)C. The van der Waals surface area contributed by atoms with Crippen LogP contribution in [-0.2, 0) is 4.79 Å². The highest BCUT2D eigenvalue weighted by molar-refractivity contribution is 5.92. The minimum Gasteiger partial charge on any atom is -0.369 e. The van der Waals surface area contributed by atoms with Gasteiger partial charge in [0, 0.05) is 29.9 Å². The molecule has 1 aromatic rings. The molecule has 4 nitrogen and oxygen atoms in total. The Labute approximate surface area is 122 Å². The smallest absolute Gasteiger partial charge is 0.227 e. The van der Waals surface area contributed by atoms with Gasteiger partial charge in [-0.25, -0.2) is 0 Å². The Bertz CT molecular complexity index is 414. The van der Waals surface area contributed by atoms with Gasteiger partial charge in [-0.3, -0.25) is 4.79 Å². The maximum Gasteiger partial charge on any atom is 0.227 e. The molecular weight excluding hydrogens is 250 g/mol. The molecule has 0 aliphatic heterocycles. The highest BCUT2D eigenvalue weighted by atomic mass is 16.1. The van der Waals surface area contributed by atoms with Gasteiger partial charge in [-0.1, -0.05) is 6.92 Å². The number of hydrogen-bond acceptors (Lipinski definition) is 3. The summed E-state index contributed by atoms with van der Waals surface area (Å²) in [7, 11) is 0. The molecule has 1 amide bonds. The van der Waals surface area contributed by atoms with Crippen molar-refractivity contribution < 1.29 is 4.79 Å². The molecular formula is C16H27N3O. The molecule has 1 aromatic carbocycles. The van der Waals surface area contributed by atoms with Crippen LogP contribution in [0.1, 0.15) is 34.1 Å². The van der Waals surface area contributed by atoms with E-state index in [1.165, 1.54) is 5.69 Å². The van der Waals surface area contributed by atoms with E-state index in [2.05, 4.69) is 31.0 Å². The fourth-order valence-electron chi connectivity index (χ4n) is 2.23. The van der Waals surface area contributed by atoms with E-state index in [4.69, 9.17) is 5.73 Å². The Balaban J connectivity index is 2.69. The van der Waals surface area contributed by atoms with Gasteiger partial charge in [-0.05, 0) is 58.0 Å². The standard InChI is InChI=1S/C16H27N3O/c1-5-19(12(2)3)15-8-6-14(7-9-15)18-16(20)13(4)10-11-17/h6-9,12-13H,5,10-11,17H2,1-4H3,(H,18,20). The van der Waals surface area contributed by atoms with Crippen LogP contribution in [0, 0.1) is 5.92 Å². The van der Waals surface area contributed by atoms with E-state index < -0.39 is 0 Å². The van der Waals surface area contributed by atoms with Crippen molar-refractivity contribution >= 4 is 17.3 Å². The fourth-order valence-corrected chi connectivity index (χ4v) is 2.23. The number of rotatable bonds is 7. The zero-order valence-electron chi connectivity index (χ0n) is 13.0. The maximum atomic E-state index is 11.9. The molecule has 0 fully saturated rings. The van der Waals surface area contributed by atoms with Crippen molar-refractivity contribution in [1.29, 1.82) is 0 Å². The van der Waals surface area contributed by atoms with Crippen molar-refractivity contribution in [3.8, 4) is 0 Å². The van der Waals surface area contributed by atoms with Gasteiger partial charge in [0.2, 0.25) is 5.91 Å². The molecule has 20 heavy (non-hydrogen) atoms. The molecule has 1 atom stereocenters. The number of nitrogens with two attached hydrogens (primary N) is 1. The van der Waals surface area contributed by atoms with E-state index in [1.807, 2.05) is 31.2 Å². The molecule has 0 aromatic heterocycles. The first-order chi connectivity index (χ1) is 9.49. The van der Waals surface area contributed by atoms with E-state index in [9.17, 15) is 4.79 Å². The molecule has 1 rings (SSSR count). The van der Waals surface area contributed by atoms with Crippen LogP contribution in [0.5, 0.6) is 0 Å². The second kappa shape index (κ2) is 7.90. The van der Waals surface area contributed by atoms with Crippen molar-refractivity contribution in [2.24, 2.45) is 11.7 Å². The molecule has 4 heteroatoms. The Morgan fingerprint density at radius 2 is 1.85 bits per heavy atom. The molecule has 0 spiro atoms. The predicted octanol–water partition coefficient (Wildman–Crippen LogP) is 2.84. The van der Waals surface area contributed by atoms with E-state index >= 15 is 0 Å². The van der Waals surface area contributed by atoms with Gasteiger partial charge in [0.15, 0.2) is 0 Å². The highest BCUT2D eigenvalue weighted by Gasteiger charge is 2.12. The molecule has 0 aliphatic rings. The van der Waals surface area contributed by atoms with Gasteiger partial charge in [-0.2, -0.15) is 0 Å².